The molecule has 0 aliphatic heterocycles. The number of nitrogens with zero attached hydrogens (tertiary/aromatic N) is 4. The van der Waals surface area contributed by atoms with Crippen LogP contribution in [-0.2, 0) is 10.8 Å². The van der Waals surface area contributed by atoms with Crippen LogP contribution in [0.25, 0.3) is 100 Å². The van der Waals surface area contributed by atoms with Gasteiger partial charge in [0.15, 0.2) is 0 Å². The van der Waals surface area contributed by atoms with Crippen LogP contribution < -0.4 is 0 Å². The summed E-state index contributed by atoms with van der Waals surface area (Å²) in [6.07, 6.45) is 1.93. The van der Waals surface area contributed by atoms with Crippen LogP contribution in [0.4, 0.5) is 0 Å². The van der Waals surface area contributed by atoms with Gasteiger partial charge in [-0.05, 0) is 105 Å². The number of para-hydroxylation sites is 4. The predicted molar refractivity (Wildman–Crippen MR) is 299 cm³/mol. The van der Waals surface area contributed by atoms with Gasteiger partial charge in [0.2, 0.25) is 0 Å². The molecule has 0 aliphatic rings. The lowest BCUT2D eigenvalue weighted by atomic mass is 9.78. The molecule has 12 aromatic rings. The van der Waals surface area contributed by atoms with E-state index in [2.05, 4.69) is 250 Å². The van der Waals surface area contributed by atoms with Gasteiger partial charge in [-0.3, -0.25) is 9.55 Å². The predicted octanol–water partition coefficient (Wildman–Crippen LogP) is 17.2. The fraction of sp³-hybridized carbons (Fsp3) is 0.104. The van der Waals surface area contributed by atoms with Crippen LogP contribution in [0.3, 0.4) is 0 Å². The monoisotopic (exact) mass is 930 g/mol. The second kappa shape index (κ2) is 17.6. The van der Waals surface area contributed by atoms with E-state index in [1.54, 1.807) is 0 Å². The summed E-state index contributed by atoms with van der Waals surface area (Å²) in [4.78, 5) is 10.7. The summed E-state index contributed by atoms with van der Waals surface area (Å²) in [5.74, 6) is 0.798. The summed E-state index contributed by atoms with van der Waals surface area (Å²) in [5, 5.41) is 14.6. The number of pyridine rings is 1. The molecule has 1 N–H and O–H groups in total. The number of fused-ring (bicyclic) bond motifs is 4. The van der Waals surface area contributed by atoms with E-state index in [9.17, 15) is 5.11 Å². The van der Waals surface area contributed by atoms with Crippen LogP contribution in [0, 0.1) is 0 Å². The standard InChI is InChI=1S/C67H54N4O/c1-66(2,3)51-39-47(38-48(40-51)58-41-46(36-37-68-58)44-32-34-50(35-33-44)67(4,5)49-22-11-7-12-23-49)54-28-19-31-61-64(54)69-65(71(61)59-29-17-15-26-53(59)45-20-9-6-10-21-45)57-42-56-55-27-16-18-30-60(55)70(62(56)43-63(57)72)52-24-13-8-14-25-52/h6-43,72H,1-5H3. The molecule has 3 aromatic heterocycles. The number of aromatic nitrogens is 4. The Labute approximate surface area is 421 Å². The van der Waals surface area contributed by atoms with Crippen LogP contribution in [-0.4, -0.2) is 24.2 Å². The molecule has 5 nitrogen and oxygen atoms in total. The van der Waals surface area contributed by atoms with Crippen LogP contribution in [0.2, 0.25) is 0 Å². The maximum Gasteiger partial charge on any atom is 0.149 e. The molecule has 72 heavy (non-hydrogen) atoms. The fourth-order valence-electron chi connectivity index (χ4n) is 10.6. The zero-order valence-electron chi connectivity index (χ0n) is 41.2. The molecule has 0 bridgehead atoms. The number of phenols is 1. The molecular formula is C67H54N4O. The average molecular weight is 931 g/mol. The van der Waals surface area contributed by atoms with Gasteiger partial charge in [0.25, 0.3) is 0 Å². The Balaban J connectivity index is 1.04. The zero-order valence-corrected chi connectivity index (χ0v) is 41.2. The number of phenolic OH excluding ortho intramolecular Hbond substituents is 1. The Morgan fingerprint density at radius 1 is 0.403 bits per heavy atom. The lowest BCUT2D eigenvalue weighted by molar-refractivity contribution is 0.477. The first-order valence-electron chi connectivity index (χ1n) is 24.8. The highest BCUT2D eigenvalue weighted by Gasteiger charge is 2.26. The quantitative estimate of drug-likeness (QED) is 0.157. The van der Waals surface area contributed by atoms with Crippen LogP contribution in [0.5, 0.6) is 5.75 Å². The highest BCUT2D eigenvalue weighted by Crippen LogP contribution is 2.45. The lowest BCUT2D eigenvalue weighted by Gasteiger charge is -2.26. The molecule has 3 heterocycles. The van der Waals surface area contributed by atoms with Gasteiger partial charge in [-0.15, -0.1) is 0 Å². The van der Waals surface area contributed by atoms with Crippen molar-refractivity contribution in [3.8, 4) is 73.2 Å². The van der Waals surface area contributed by atoms with Crippen molar-refractivity contribution in [3.05, 3.63) is 247 Å². The van der Waals surface area contributed by atoms with Gasteiger partial charge in [0.05, 0.1) is 39.0 Å². The topological polar surface area (TPSA) is 55.9 Å². The minimum atomic E-state index is -0.170. The molecule has 9 aromatic carbocycles. The molecule has 5 heteroatoms. The summed E-state index contributed by atoms with van der Waals surface area (Å²) in [6, 6.07) is 79.2. The second-order valence-corrected chi connectivity index (χ2v) is 20.4. The van der Waals surface area contributed by atoms with Crippen molar-refractivity contribution in [1.29, 1.82) is 0 Å². The number of imidazole rings is 1. The number of aromatic hydroxyl groups is 1. The maximum atomic E-state index is 12.4. The van der Waals surface area contributed by atoms with E-state index in [-0.39, 0.29) is 16.6 Å². The summed E-state index contributed by atoms with van der Waals surface area (Å²) in [5.41, 5.74) is 18.2. The van der Waals surface area contributed by atoms with E-state index in [1.807, 2.05) is 24.4 Å². The Morgan fingerprint density at radius 2 is 1.04 bits per heavy atom. The molecule has 12 rings (SSSR count). The number of benzene rings is 9. The lowest BCUT2D eigenvalue weighted by Crippen LogP contribution is -2.18. The molecule has 0 unspecified atom stereocenters. The molecule has 0 aliphatic carbocycles. The smallest absolute Gasteiger partial charge is 0.149 e. The molecule has 0 saturated carbocycles. The summed E-state index contributed by atoms with van der Waals surface area (Å²) in [6.45, 7) is 11.4. The van der Waals surface area contributed by atoms with Gasteiger partial charge in [0.1, 0.15) is 11.6 Å². The normalized spacial score (nSPS) is 12.0. The third-order valence-electron chi connectivity index (χ3n) is 14.6. The Kier molecular flexibility index (Phi) is 10.8. The van der Waals surface area contributed by atoms with Crippen LogP contribution in [0.1, 0.15) is 51.3 Å². The van der Waals surface area contributed by atoms with Gasteiger partial charge < -0.3 is 9.67 Å². The van der Waals surface area contributed by atoms with Crippen molar-refractivity contribution >= 4 is 32.8 Å². The molecule has 0 spiro atoms. The highest BCUT2D eigenvalue weighted by molar-refractivity contribution is 6.11. The Morgan fingerprint density at radius 3 is 1.81 bits per heavy atom. The van der Waals surface area contributed by atoms with Gasteiger partial charge in [-0.25, -0.2) is 4.98 Å². The van der Waals surface area contributed by atoms with Crippen LogP contribution in [0.15, 0.2) is 231 Å². The Bertz CT molecular complexity index is 3970. The van der Waals surface area contributed by atoms with E-state index in [1.165, 1.54) is 16.7 Å². The van der Waals surface area contributed by atoms with Crippen LogP contribution >= 0.6 is 0 Å². The largest absolute Gasteiger partial charge is 0.507 e. The molecule has 0 saturated heterocycles. The maximum absolute atomic E-state index is 12.4. The molecule has 0 atom stereocenters. The highest BCUT2D eigenvalue weighted by atomic mass is 16.3. The minimum absolute atomic E-state index is 0.129. The van der Waals surface area contributed by atoms with E-state index in [0.29, 0.717) is 11.4 Å². The van der Waals surface area contributed by atoms with Gasteiger partial charge in [0, 0.05) is 50.8 Å². The van der Waals surface area contributed by atoms with E-state index >= 15 is 0 Å². The van der Waals surface area contributed by atoms with Crippen molar-refractivity contribution in [2.75, 3.05) is 0 Å². The SMILES string of the molecule is CC(C)(C)c1cc(-c2cc(-c3ccc(C(C)(C)c4ccccc4)cc3)ccn2)cc(-c2cccc3c2nc(-c2cc4c5ccccc5n(-c5ccccc5)c4cc2O)n3-c2ccccc2-c2ccccc2)c1. The zero-order chi connectivity index (χ0) is 49.1. The van der Waals surface area contributed by atoms with E-state index < -0.39 is 0 Å². The van der Waals surface area contributed by atoms with Gasteiger partial charge in [-0.2, -0.15) is 0 Å². The van der Waals surface area contributed by atoms with Crippen molar-refractivity contribution < 1.29 is 5.11 Å². The minimum Gasteiger partial charge on any atom is -0.507 e. The average Bonchev–Trinajstić information content (AvgIpc) is 3.96. The summed E-state index contributed by atoms with van der Waals surface area (Å²) < 4.78 is 4.47. The van der Waals surface area contributed by atoms with Gasteiger partial charge >= 0.3 is 0 Å². The second-order valence-electron chi connectivity index (χ2n) is 20.4. The molecule has 0 radical (unpaired) electrons. The number of hydrogen-bond acceptors (Lipinski definition) is 3. The summed E-state index contributed by atoms with van der Waals surface area (Å²) in [7, 11) is 0. The van der Waals surface area contributed by atoms with Crippen molar-refractivity contribution in [3.63, 3.8) is 0 Å². The molecule has 0 fully saturated rings. The van der Waals surface area contributed by atoms with Crippen molar-refractivity contribution in [1.82, 2.24) is 19.1 Å². The van der Waals surface area contributed by atoms with E-state index in [4.69, 9.17) is 9.97 Å². The number of hydrogen-bond donors (Lipinski definition) is 1. The Hall–Kier alpha value is -8.80. The third kappa shape index (κ3) is 7.75. The molecule has 348 valence electrons. The molecule has 0 amide bonds. The van der Waals surface area contributed by atoms with Crippen molar-refractivity contribution in [2.45, 2.75) is 45.4 Å². The third-order valence-corrected chi connectivity index (χ3v) is 14.6. The van der Waals surface area contributed by atoms with Crippen molar-refractivity contribution in [2.24, 2.45) is 0 Å². The first-order chi connectivity index (χ1) is 35.0. The van der Waals surface area contributed by atoms with Gasteiger partial charge in [-0.1, -0.05) is 192 Å². The first-order valence-corrected chi connectivity index (χ1v) is 24.8. The molecular weight excluding hydrogens is 877 g/mol. The summed E-state index contributed by atoms with van der Waals surface area (Å²) >= 11 is 0. The number of rotatable bonds is 9. The fourth-order valence-corrected chi connectivity index (χ4v) is 10.6. The van der Waals surface area contributed by atoms with E-state index in [0.717, 1.165) is 88.9 Å². The first kappa shape index (κ1) is 44.4.